The van der Waals surface area contributed by atoms with Gasteiger partial charge in [-0.2, -0.15) is 11.8 Å². The number of hydrogen-bond donors (Lipinski definition) is 2. The molecule has 0 bridgehead atoms. The largest absolute Gasteiger partial charge is 0.493 e. The quantitative estimate of drug-likeness (QED) is 0.214. The molecule has 282 valence electrons. The Bertz CT molecular complexity index is 2200. The molecule has 2 N–H and O–H groups in total. The summed E-state index contributed by atoms with van der Waals surface area (Å²) in [5.41, 5.74) is 2.35. The standard InChI is InChI=1S/C40H44FN7O5S/c41-29-20-25(53-22-24-4-5-24)21-30-37(29)39(51)43-34(42-30)23-54-26-10-12-45(13-11-26)14-15-46-16-18-47(19-17-46)31-6-7-32-36-27(31)2-1-3-28(36)40(52)48(32)33-8-9-35(49)44-38(33)50/h1-3,6-7,20-21,24,26,33H,4-5,8-19,22-23H2,(H,42,43,51)(H,44,49,50). The molecule has 1 atom stereocenters. The fraction of sp³-hybridized carbons (Fsp3) is 0.475. The number of piperazine rings is 1. The Morgan fingerprint density at radius 2 is 1.61 bits per heavy atom. The van der Waals surface area contributed by atoms with Crippen molar-refractivity contribution in [1.82, 2.24) is 25.1 Å². The van der Waals surface area contributed by atoms with Gasteiger partial charge in [-0.15, -0.1) is 0 Å². The van der Waals surface area contributed by atoms with Gasteiger partial charge in [0.1, 0.15) is 28.8 Å². The van der Waals surface area contributed by atoms with Gasteiger partial charge in [0.2, 0.25) is 11.8 Å². The predicted octanol–water partition coefficient (Wildman–Crippen LogP) is 4.29. The molecule has 14 heteroatoms. The summed E-state index contributed by atoms with van der Waals surface area (Å²) in [5, 5.41) is 4.75. The molecule has 5 heterocycles. The van der Waals surface area contributed by atoms with E-state index < -0.39 is 23.3 Å². The minimum Gasteiger partial charge on any atom is -0.493 e. The van der Waals surface area contributed by atoms with Crippen molar-refractivity contribution in [2.45, 2.75) is 55.6 Å². The number of amides is 3. The first-order valence-electron chi connectivity index (χ1n) is 19.2. The highest BCUT2D eigenvalue weighted by Crippen LogP contribution is 2.43. The highest BCUT2D eigenvalue weighted by Gasteiger charge is 2.41. The Morgan fingerprint density at radius 3 is 2.37 bits per heavy atom. The summed E-state index contributed by atoms with van der Waals surface area (Å²) >= 11 is 1.81. The highest BCUT2D eigenvalue weighted by atomic mass is 32.2. The topological polar surface area (TPSA) is 131 Å². The Balaban J connectivity index is 0.754. The molecule has 1 unspecified atom stereocenters. The van der Waals surface area contributed by atoms with Crippen molar-refractivity contribution in [2.75, 3.05) is 68.8 Å². The number of rotatable bonds is 11. The third kappa shape index (κ3) is 6.95. The summed E-state index contributed by atoms with van der Waals surface area (Å²) in [4.78, 5) is 67.2. The lowest BCUT2D eigenvalue weighted by Crippen LogP contribution is -2.53. The van der Waals surface area contributed by atoms with E-state index in [1.54, 1.807) is 11.0 Å². The lowest BCUT2D eigenvalue weighted by molar-refractivity contribution is -0.134. The molecule has 1 aromatic heterocycles. The average molecular weight is 754 g/mol. The molecule has 0 radical (unpaired) electrons. The van der Waals surface area contributed by atoms with E-state index in [2.05, 4.69) is 42.1 Å². The number of ether oxygens (including phenoxy) is 1. The number of nitrogens with one attached hydrogen (secondary N) is 2. The normalized spacial score (nSPS) is 21.4. The third-order valence-corrected chi connectivity index (χ3v) is 13.0. The Morgan fingerprint density at radius 1 is 0.852 bits per heavy atom. The second-order valence-corrected chi connectivity index (χ2v) is 16.5. The Kier molecular flexibility index (Phi) is 9.52. The maximum absolute atomic E-state index is 14.7. The van der Waals surface area contributed by atoms with E-state index >= 15 is 0 Å². The number of benzene rings is 3. The second-order valence-electron chi connectivity index (χ2n) is 15.2. The lowest BCUT2D eigenvalue weighted by atomic mass is 10.0. The van der Waals surface area contributed by atoms with Crippen LogP contribution in [0, 0.1) is 11.7 Å². The molecule has 3 aromatic carbocycles. The zero-order valence-electron chi connectivity index (χ0n) is 30.2. The van der Waals surface area contributed by atoms with E-state index in [9.17, 15) is 23.6 Å². The van der Waals surface area contributed by atoms with Crippen molar-refractivity contribution >= 4 is 62.5 Å². The molecule has 12 nitrogen and oxygen atoms in total. The average Bonchev–Trinajstić information content (AvgIpc) is 3.97. The number of aromatic amines is 1. The lowest BCUT2D eigenvalue weighted by Gasteiger charge is -2.38. The number of imide groups is 1. The van der Waals surface area contributed by atoms with Crippen molar-refractivity contribution in [2.24, 2.45) is 5.92 Å². The molecule has 1 aliphatic carbocycles. The van der Waals surface area contributed by atoms with Gasteiger partial charge in [-0.05, 0) is 69.3 Å². The molecule has 1 saturated carbocycles. The van der Waals surface area contributed by atoms with Crippen molar-refractivity contribution < 1.29 is 23.5 Å². The summed E-state index contributed by atoms with van der Waals surface area (Å²) in [7, 11) is 0. The number of carbonyl (C=O) groups is 3. The number of thioether (sulfide) groups is 1. The molecular formula is C40H44FN7O5S. The zero-order chi connectivity index (χ0) is 36.9. The van der Waals surface area contributed by atoms with Gasteiger partial charge in [0.25, 0.3) is 11.5 Å². The molecule has 9 rings (SSSR count). The monoisotopic (exact) mass is 753 g/mol. The molecule has 4 fully saturated rings. The van der Waals surface area contributed by atoms with Crippen LogP contribution in [0.15, 0.2) is 47.3 Å². The smallest absolute Gasteiger partial charge is 0.261 e. The van der Waals surface area contributed by atoms with Gasteiger partial charge < -0.3 is 19.5 Å². The van der Waals surface area contributed by atoms with Gasteiger partial charge in [-0.3, -0.25) is 34.3 Å². The molecule has 3 amide bonds. The van der Waals surface area contributed by atoms with E-state index in [-0.39, 0.29) is 23.6 Å². The number of fused-ring (bicyclic) bond motifs is 1. The first kappa shape index (κ1) is 35.2. The Labute approximate surface area is 316 Å². The van der Waals surface area contributed by atoms with Gasteiger partial charge in [0.15, 0.2) is 0 Å². The van der Waals surface area contributed by atoms with E-state index in [1.807, 2.05) is 30.0 Å². The van der Waals surface area contributed by atoms with Crippen LogP contribution in [0.1, 0.15) is 54.7 Å². The number of aromatic nitrogens is 2. The number of halogens is 1. The summed E-state index contributed by atoms with van der Waals surface area (Å²) < 4.78 is 20.5. The van der Waals surface area contributed by atoms with Gasteiger partial charge in [0.05, 0.1) is 23.6 Å². The first-order chi connectivity index (χ1) is 26.3. The van der Waals surface area contributed by atoms with Crippen molar-refractivity contribution in [1.29, 1.82) is 0 Å². The van der Waals surface area contributed by atoms with Crippen LogP contribution in [0.5, 0.6) is 5.75 Å². The van der Waals surface area contributed by atoms with Crippen LogP contribution in [0.4, 0.5) is 15.8 Å². The van der Waals surface area contributed by atoms with E-state index in [4.69, 9.17) is 4.74 Å². The van der Waals surface area contributed by atoms with Gasteiger partial charge in [-0.25, -0.2) is 9.37 Å². The van der Waals surface area contributed by atoms with Crippen LogP contribution in [0.2, 0.25) is 0 Å². The van der Waals surface area contributed by atoms with E-state index in [1.165, 1.54) is 6.07 Å². The van der Waals surface area contributed by atoms with Crippen LogP contribution in [-0.4, -0.2) is 108 Å². The van der Waals surface area contributed by atoms with Crippen LogP contribution < -0.4 is 25.4 Å². The minimum absolute atomic E-state index is 0.0174. The fourth-order valence-corrected chi connectivity index (χ4v) is 9.47. The van der Waals surface area contributed by atoms with Crippen molar-refractivity contribution in [3.05, 3.63) is 70.0 Å². The highest BCUT2D eigenvalue weighted by molar-refractivity contribution is 7.99. The fourth-order valence-electron chi connectivity index (χ4n) is 8.39. The Hall–Kier alpha value is -4.53. The summed E-state index contributed by atoms with van der Waals surface area (Å²) in [5.74, 6) is 0.614. The number of piperidine rings is 2. The minimum atomic E-state index is -0.691. The van der Waals surface area contributed by atoms with Crippen LogP contribution in [0.3, 0.4) is 0 Å². The second kappa shape index (κ2) is 14.6. The molecule has 3 saturated heterocycles. The molecule has 4 aliphatic heterocycles. The maximum Gasteiger partial charge on any atom is 0.261 e. The molecule has 5 aliphatic rings. The van der Waals surface area contributed by atoms with Gasteiger partial charge in [0, 0.05) is 85.1 Å². The summed E-state index contributed by atoms with van der Waals surface area (Å²) in [6.45, 7) is 8.33. The van der Waals surface area contributed by atoms with Crippen LogP contribution >= 0.6 is 11.8 Å². The van der Waals surface area contributed by atoms with Crippen molar-refractivity contribution in [3.8, 4) is 5.75 Å². The predicted molar refractivity (Wildman–Crippen MR) is 207 cm³/mol. The van der Waals surface area contributed by atoms with E-state index in [0.29, 0.717) is 52.6 Å². The summed E-state index contributed by atoms with van der Waals surface area (Å²) in [6.07, 6.45) is 4.96. The maximum atomic E-state index is 14.7. The molecule has 54 heavy (non-hydrogen) atoms. The zero-order valence-corrected chi connectivity index (χ0v) is 31.0. The number of likely N-dealkylation sites (tertiary alicyclic amines) is 1. The molecular weight excluding hydrogens is 710 g/mol. The van der Waals surface area contributed by atoms with Gasteiger partial charge >= 0.3 is 0 Å². The van der Waals surface area contributed by atoms with Crippen LogP contribution in [0.25, 0.3) is 21.7 Å². The first-order valence-corrected chi connectivity index (χ1v) is 20.2. The van der Waals surface area contributed by atoms with Crippen LogP contribution in [-0.2, 0) is 15.3 Å². The molecule has 0 spiro atoms. The number of H-pyrrole nitrogens is 1. The summed E-state index contributed by atoms with van der Waals surface area (Å²) in [6, 6.07) is 12.1. The SMILES string of the molecule is O=C1CCC(N2C(=O)c3cccc4c(N5CCN(CCN6CCC(SCc7nc8cc(OCC9CC9)cc(F)c8c(=O)[nH]7)CC6)CC5)ccc2c34)C(=O)N1. The van der Waals surface area contributed by atoms with Gasteiger partial charge in [-0.1, -0.05) is 12.1 Å². The third-order valence-electron chi connectivity index (χ3n) is 11.6. The molecule has 4 aromatic rings. The number of anilines is 2. The number of nitrogens with zero attached hydrogens (tertiary/aromatic N) is 5. The number of carbonyl (C=O) groups excluding carboxylic acids is 3. The number of hydrogen-bond acceptors (Lipinski definition) is 10. The van der Waals surface area contributed by atoms with E-state index in [0.717, 1.165) is 100 Å². The van der Waals surface area contributed by atoms with Crippen molar-refractivity contribution in [3.63, 3.8) is 0 Å².